The van der Waals surface area contributed by atoms with Gasteiger partial charge in [0.25, 0.3) is 5.56 Å². The zero-order chi connectivity index (χ0) is 14.4. The van der Waals surface area contributed by atoms with Gasteiger partial charge in [-0.1, -0.05) is 11.6 Å². The van der Waals surface area contributed by atoms with Crippen molar-refractivity contribution in [2.24, 2.45) is 0 Å². The highest BCUT2D eigenvalue weighted by molar-refractivity contribution is 9.10. The topological polar surface area (TPSA) is 45.8 Å². The van der Waals surface area contributed by atoms with E-state index in [2.05, 4.69) is 26.1 Å². The average Bonchev–Trinajstić information content (AvgIpc) is 2.72. The second-order valence-electron chi connectivity index (χ2n) is 3.95. The summed E-state index contributed by atoms with van der Waals surface area (Å²) in [6.07, 6.45) is 0. The van der Waals surface area contributed by atoms with Crippen LogP contribution in [0.2, 0.25) is 4.34 Å². The Hall–Kier alpha value is -1.31. The van der Waals surface area contributed by atoms with Gasteiger partial charge in [0.1, 0.15) is 10.0 Å². The number of nitrogens with zero attached hydrogens (tertiary/aromatic N) is 1. The molecule has 1 aromatic carbocycles. The summed E-state index contributed by atoms with van der Waals surface area (Å²) in [6, 6.07) is 3.52. The van der Waals surface area contributed by atoms with Gasteiger partial charge in [-0.05, 0) is 34.1 Å². The van der Waals surface area contributed by atoms with E-state index in [1.54, 1.807) is 6.07 Å². The Balaban J connectivity index is 2.39. The zero-order valence-electron chi connectivity index (χ0n) is 9.51. The number of hydrogen-bond donors (Lipinski definition) is 1. The van der Waals surface area contributed by atoms with Crippen molar-refractivity contribution in [3.8, 4) is 10.6 Å². The van der Waals surface area contributed by atoms with E-state index in [1.165, 1.54) is 11.3 Å². The van der Waals surface area contributed by atoms with Crippen LogP contribution in [0.3, 0.4) is 0 Å². The minimum absolute atomic E-state index is 0.0366. The number of thiophene rings is 1. The number of rotatable bonds is 1. The van der Waals surface area contributed by atoms with Crippen LogP contribution >= 0.6 is 38.9 Å². The highest BCUT2D eigenvalue weighted by Crippen LogP contribution is 2.39. The smallest absolute Gasteiger partial charge is 0.267 e. The van der Waals surface area contributed by atoms with Gasteiger partial charge >= 0.3 is 0 Å². The Morgan fingerprint density at radius 1 is 1.20 bits per heavy atom. The van der Waals surface area contributed by atoms with Gasteiger partial charge in [0.2, 0.25) is 0 Å². The molecule has 3 aromatic rings. The molecule has 0 bridgehead atoms. The van der Waals surface area contributed by atoms with E-state index in [1.807, 2.05) is 0 Å². The Labute approximate surface area is 128 Å². The predicted molar refractivity (Wildman–Crippen MR) is 78.3 cm³/mol. The number of fused-ring (bicyclic) bond motifs is 1. The van der Waals surface area contributed by atoms with Gasteiger partial charge in [-0.3, -0.25) is 4.79 Å². The summed E-state index contributed by atoms with van der Waals surface area (Å²) in [7, 11) is 0. The average molecular weight is 378 g/mol. The molecule has 3 rings (SSSR count). The lowest BCUT2D eigenvalue weighted by Crippen LogP contribution is -2.10. The van der Waals surface area contributed by atoms with Crippen LogP contribution in [0.4, 0.5) is 8.78 Å². The van der Waals surface area contributed by atoms with Crippen LogP contribution in [0.25, 0.3) is 21.3 Å². The SMILES string of the molecule is O=c1[nH]nc(-c2cc(Br)c(Cl)s2)c2cc(F)c(F)cc12. The summed E-state index contributed by atoms with van der Waals surface area (Å²) in [6.45, 7) is 0. The fourth-order valence-corrected chi connectivity index (χ4v) is 3.51. The molecule has 2 heterocycles. The fraction of sp³-hybridized carbons (Fsp3) is 0. The largest absolute Gasteiger partial charge is 0.272 e. The first-order valence-electron chi connectivity index (χ1n) is 5.30. The molecule has 20 heavy (non-hydrogen) atoms. The van der Waals surface area contributed by atoms with Crippen LogP contribution in [0.15, 0.2) is 27.5 Å². The Morgan fingerprint density at radius 2 is 1.85 bits per heavy atom. The van der Waals surface area contributed by atoms with Crippen molar-refractivity contribution in [2.75, 3.05) is 0 Å². The Morgan fingerprint density at radius 3 is 2.45 bits per heavy atom. The zero-order valence-corrected chi connectivity index (χ0v) is 12.7. The first-order chi connectivity index (χ1) is 9.47. The van der Waals surface area contributed by atoms with Gasteiger partial charge in [0.05, 0.1) is 10.3 Å². The van der Waals surface area contributed by atoms with Gasteiger partial charge < -0.3 is 0 Å². The minimum Gasteiger partial charge on any atom is -0.267 e. The van der Waals surface area contributed by atoms with Crippen molar-refractivity contribution in [3.05, 3.63) is 49.0 Å². The van der Waals surface area contributed by atoms with Gasteiger partial charge in [-0.2, -0.15) is 5.10 Å². The highest BCUT2D eigenvalue weighted by Gasteiger charge is 2.15. The van der Waals surface area contributed by atoms with E-state index < -0.39 is 17.2 Å². The molecule has 102 valence electrons. The molecule has 2 aromatic heterocycles. The molecule has 0 aliphatic rings. The number of hydrogen-bond acceptors (Lipinski definition) is 3. The lowest BCUT2D eigenvalue weighted by atomic mass is 10.1. The Bertz CT molecular complexity index is 874. The monoisotopic (exact) mass is 376 g/mol. The number of aromatic nitrogens is 2. The van der Waals surface area contributed by atoms with E-state index in [0.717, 1.165) is 12.1 Å². The molecule has 0 radical (unpaired) electrons. The number of halogens is 4. The van der Waals surface area contributed by atoms with Gasteiger partial charge in [-0.15, -0.1) is 11.3 Å². The molecule has 1 N–H and O–H groups in total. The quantitative estimate of drug-likeness (QED) is 0.685. The molecular formula is C12H4BrClF2N2OS. The van der Waals surface area contributed by atoms with E-state index in [-0.39, 0.29) is 10.8 Å². The molecular weight excluding hydrogens is 374 g/mol. The van der Waals surface area contributed by atoms with Crippen molar-refractivity contribution in [3.63, 3.8) is 0 Å². The second-order valence-corrected chi connectivity index (χ2v) is 6.45. The van der Waals surface area contributed by atoms with E-state index >= 15 is 0 Å². The maximum Gasteiger partial charge on any atom is 0.272 e. The number of H-pyrrole nitrogens is 1. The van der Waals surface area contributed by atoms with Crippen molar-refractivity contribution in [1.82, 2.24) is 10.2 Å². The molecule has 0 amide bonds. The molecule has 0 unspecified atom stereocenters. The van der Waals surface area contributed by atoms with Crippen LogP contribution in [-0.2, 0) is 0 Å². The molecule has 0 saturated heterocycles. The van der Waals surface area contributed by atoms with Crippen molar-refractivity contribution >= 4 is 49.6 Å². The minimum atomic E-state index is -1.08. The predicted octanol–water partition coefficient (Wildman–Crippen LogP) is 4.35. The standard InChI is InChI=1S/C12H4BrClF2N2OS/c13-6-3-9(20-11(6)14)10-4-1-7(15)8(16)2-5(4)12(19)18-17-10/h1-3H,(H,18,19). The van der Waals surface area contributed by atoms with Crippen LogP contribution in [-0.4, -0.2) is 10.2 Å². The van der Waals surface area contributed by atoms with Crippen LogP contribution < -0.4 is 5.56 Å². The highest BCUT2D eigenvalue weighted by atomic mass is 79.9. The molecule has 3 nitrogen and oxygen atoms in total. The van der Waals surface area contributed by atoms with Crippen LogP contribution in [0.1, 0.15) is 0 Å². The first-order valence-corrected chi connectivity index (χ1v) is 7.29. The maximum absolute atomic E-state index is 13.4. The molecule has 0 atom stereocenters. The molecule has 8 heteroatoms. The van der Waals surface area contributed by atoms with Crippen molar-refractivity contribution in [1.29, 1.82) is 0 Å². The summed E-state index contributed by atoms with van der Waals surface area (Å²) in [5.41, 5.74) is -0.236. The molecule has 0 aliphatic heterocycles. The van der Waals surface area contributed by atoms with E-state index in [0.29, 0.717) is 19.4 Å². The maximum atomic E-state index is 13.4. The van der Waals surface area contributed by atoms with Crippen LogP contribution in [0.5, 0.6) is 0 Å². The molecule has 0 aliphatic carbocycles. The lowest BCUT2D eigenvalue weighted by molar-refractivity contribution is 0.511. The summed E-state index contributed by atoms with van der Waals surface area (Å²) < 4.78 is 27.8. The normalized spacial score (nSPS) is 11.2. The first kappa shape index (κ1) is 13.7. The molecule has 0 spiro atoms. The summed E-state index contributed by atoms with van der Waals surface area (Å²) in [5, 5.41) is 6.45. The fourth-order valence-electron chi connectivity index (χ4n) is 1.81. The van der Waals surface area contributed by atoms with Gasteiger partial charge in [0.15, 0.2) is 11.6 Å². The third kappa shape index (κ3) is 2.15. The summed E-state index contributed by atoms with van der Waals surface area (Å²) in [5.74, 6) is -2.11. The lowest BCUT2D eigenvalue weighted by Gasteiger charge is -2.03. The number of benzene rings is 1. The van der Waals surface area contributed by atoms with Gasteiger partial charge in [-0.25, -0.2) is 13.9 Å². The van der Waals surface area contributed by atoms with E-state index in [9.17, 15) is 13.6 Å². The van der Waals surface area contributed by atoms with Gasteiger partial charge in [0, 0.05) is 9.86 Å². The third-order valence-electron chi connectivity index (χ3n) is 2.71. The Kier molecular flexibility index (Phi) is 3.35. The molecule has 0 fully saturated rings. The van der Waals surface area contributed by atoms with Crippen molar-refractivity contribution in [2.45, 2.75) is 0 Å². The van der Waals surface area contributed by atoms with Crippen molar-refractivity contribution < 1.29 is 8.78 Å². The van der Waals surface area contributed by atoms with E-state index in [4.69, 9.17) is 11.6 Å². The number of aromatic amines is 1. The summed E-state index contributed by atoms with van der Waals surface area (Å²) >= 11 is 10.4. The number of nitrogens with one attached hydrogen (secondary N) is 1. The third-order valence-corrected chi connectivity index (χ3v) is 5.19. The van der Waals surface area contributed by atoms with Crippen LogP contribution in [0, 0.1) is 11.6 Å². The molecule has 0 saturated carbocycles. The second kappa shape index (κ2) is 4.91. The summed E-state index contributed by atoms with van der Waals surface area (Å²) in [4.78, 5) is 12.3.